The fraction of sp³-hybridized carbons (Fsp3) is 0.375. The molecule has 1 aliphatic heterocycles. The Labute approximate surface area is 192 Å². The van der Waals surface area contributed by atoms with Crippen molar-refractivity contribution in [2.75, 3.05) is 0 Å². The Balaban J connectivity index is 2.01. The fourth-order valence-electron chi connectivity index (χ4n) is 4.65. The van der Waals surface area contributed by atoms with Gasteiger partial charge in [0.1, 0.15) is 6.42 Å². The smallest absolute Gasteiger partial charge is 0.242 e. The van der Waals surface area contributed by atoms with Gasteiger partial charge in [0.25, 0.3) is 0 Å². The van der Waals surface area contributed by atoms with Crippen molar-refractivity contribution in [1.82, 2.24) is 10.2 Å². The number of amides is 1. The van der Waals surface area contributed by atoms with Crippen molar-refractivity contribution in [2.45, 2.75) is 52.0 Å². The number of rotatable bonds is 2. The minimum atomic E-state index is -0.730. The molecule has 1 N–H and O–H groups in total. The molecule has 0 aromatic heterocycles. The van der Waals surface area contributed by atoms with E-state index in [2.05, 4.69) is 19.2 Å². The van der Waals surface area contributed by atoms with Gasteiger partial charge in [0.2, 0.25) is 5.91 Å². The highest BCUT2D eigenvalue weighted by Gasteiger charge is 2.44. The second-order valence-corrected chi connectivity index (χ2v) is 9.75. The average molecular weight is 456 g/mol. The lowest BCUT2D eigenvalue weighted by atomic mass is 9.73. The maximum Gasteiger partial charge on any atom is 0.242 e. The molecule has 1 amide bonds. The van der Waals surface area contributed by atoms with E-state index in [1.165, 1.54) is 0 Å². The number of carbonyl (C=O) groups excluding carboxylic acids is 2. The van der Waals surface area contributed by atoms with Crippen molar-refractivity contribution in [2.24, 2.45) is 5.41 Å². The number of halogens is 2. The molecule has 31 heavy (non-hydrogen) atoms. The first-order valence-corrected chi connectivity index (χ1v) is 11.1. The maximum absolute atomic E-state index is 13.5. The van der Waals surface area contributed by atoms with E-state index in [-0.39, 0.29) is 23.5 Å². The van der Waals surface area contributed by atoms with E-state index in [4.69, 9.17) is 23.2 Å². The number of ketones is 1. The first kappa shape index (κ1) is 21.7. The standard InChI is InChI=1S/C24H23Cl2N3O2/c1-24(2)12-18-22(20(30)13-24)23(15-8-7-14(25)11-16(15)26)29(21(31)9-10-27)19-6-4-3-5-17(19)28-18/h5-8,11,23,28H,3-4,9,12-13H2,1-2H3. The van der Waals surface area contributed by atoms with Gasteiger partial charge in [-0.1, -0.05) is 55.3 Å². The molecule has 1 heterocycles. The second kappa shape index (κ2) is 8.18. The van der Waals surface area contributed by atoms with E-state index in [0.717, 1.165) is 24.2 Å². The zero-order chi connectivity index (χ0) is 22.3. The molecule has 5 nitrogen and oxygen atoms in total. The third kappa shape index (κ3) is 4.03. The van der Waals surface area contributed by atoms with Gasteiger partial charge in [-0.25, -0.2) is 0 Å². The lowest BCUT2D eigenvalue weighted by Crippen LogP contribution is -2.38. The molecule has 3 aliphatic rings. The van der Waals surface area contributed by atoms with Crippen LogP contribution in [0, 0.1) is 16.7 Å². The number of Topliss-reactive ketones (excluding diaryl/α,β-unsaturated/α-hetero) is 1. The van der Waals surface area contributed by atoms with Crippen LogP contribution in [0.2, 0.25) is 10.0 Å². The lowest BCUT2D eigenvalue weighted by molar-refractivity contribution is -0.130. The molecule has 0 radical (unpaired) electrons. The number of allylic oxidation sites excluding steroid dienone is 3. The number of nitrogens with one attached hydrogen (secondary N) is 1. The second-order valence-electron chi connectivity index (χ2n) is 8.91. The summed E-state index contributed by atoms with van der Waals surface area (Å²) in [6.45, 7) is 4.13. The number of hydrogen-bond acceptors (Lipinski definition) is 4. The molecule has 1 aromatic carbocycles. The molecular weight excluding hydrogens is 433 g/mol. The van der Waals surface area contributed by atoms with Crippen molar-refractivity contribution >= 4 is 34.9 Å². The Morgan fingerprint density at radius 1 is 1.26 bits per heavy atom. The number of nitriles is 1. The third-order valence-corrected chi connectivity index (χ3v) is 6.44. The molecular formula is C24H23Cl2N3O2. The van der Waals surface area contributed by atoms with Gasteiger partial charge in [0.15, 0.2) is 5.78 Å². The first-order valence-electron chi connectivity index (χ1n) is 10.3. The predicted octanol–water partition coefficient (Wildman–Crippen LogP) is 5.58. The summed E-state index contributed by atoms with van der Waals surface area (Å²) in [4.78, 5) is 28.3. The number of hydrogen-bond donors (Lipinski definition) is 1. The van der Waals surface area contributed by atoms with E-state index in [1.807, 2.05) is 18.2 Å². The molecule has 0 fully saturated rings. The molecule has 0 saturated heterocycles. The fourth-order valence-corrected chi connectivity index (χ4v) is 5.16. The van der Waals surface area contributed by atoms with Gasteiger partial charge in [-0.3, -0.25) is 14.5 Å². The Morgan fingerprint density at radius 2 is 2.00 bits per heavy atom. The summed E-state index contributed by atoms with van der Waals surface area (Å²) in [5, 5.41) is 13.6. The molecule has 0 spiro atoms. The minimum Gasteiger partial charge on any atom is -0.357 e. The van der Waals surface area contributed by atoms with Crippen LogP contribution in [0.4, 0.5) is 0 Å². The van der Waals surface area contributed by atoms with E-state index in [9.17, 15) is 14.9 Å². The van der Waals surface area contributed by atoms with Crippen molar-refractivity contribution in [3.8, 4) is 6.07 Å². The van der Waals surface area contributed by atoms with Gasteiger partial charge in [0, 0.05) is 27.7 Å². The van der Waals surface area contributed by atoms with Crippen LogP contribution >= 0.6 is 23.2 Å². The van der Waals surface area contributed by atoms with Gasteiger partial charge in [0.05, 0.1) is 23.5 Å². The normalized spacial score (nSPS) is 22.4. The molecule has 2 aliphatic carbocycles. The Hall–Kier alpha value is -2.55. The number of fused-ring (bicyclic) bond motifs is 1. The van der Waals surface area contributed by atoms with Gasteiger partial charge >= 0.3 is 0 Å². The monoisotopic (exact) mass is 455 g/mol. The van der Waals surface area contributed by atoms with Crippen LogP contribution in [0.1, 0.15) is 57.6 Å². The molecule has 4 rings (SSSR count). The largest absolute Gasteiger partial charge is 0.357 e. The van der Waals surface area contributed by atoms with Gasteiger partial charge in [-0.05, 0) is 42.4 Å². The van der Waals surface area contributed by atoms with Crippen LogP contribution in [0.5, 0.6) is 0 Å². The topological polar surface area (TPSA) is 73.2 Å². The quantitative estimate of drug-likeness (QED) is 0.630. The molecule has 1 unspecified atom stereocenters. The maximum atomic E-state index is 13.5. The summed E-state index contributed by atoms with van der Waals surface area (Å²) in [5.41, 5.74) is 3.23. The van der Waals surface area contributed by atoms with Crippen molar-refractivity contribution < 1.29 is 9.59 Å². The summed E-state index contributed by atoms with van der Waals surface area (Å²) in [7, 11) is 0. The summed E-state index contributed by atoms with van der Waals surface area (Å²) in [5.74, 6) is -0.393. The number of benzene rings is 1. The van der Waals surface area contributed by atoms with Gasteiger partial charge in [-0.2, -0.15) is 5.26 Å². The summed E-state index contributed by atoms with van der Waals surface area (Å²) >= 11 is 12.7. The van der Waals surface area contributed by atoms with Crippen molar-refractivity contribution in [1.29, 1.82) is 5.26 Å². The SMILES string of the molecule is CC1(C)CC(=O)C2=C(C1)NC1=CCCC=C1N(C(=O)CC#N)C2c1ccc(Cl)cc1Cl. The molecule has 1 atom stereocenters. The zero-order valence-corrected chi connectivity index (χ0v) is 19.0. The van der Waals surface area contributed by atoms with E-state index in [1.54, 1.807) is 23.1 Å². The van der Waals surface area contributed by atoms with Crippen LogP contribution in [-0.2, 0) is 9.59 Å². The molecule has 1 aromatic rings. The van der Waals surface area contributed by atoms with Crippen LogP contribution in [0.3, 0.4) is 0 Å². The van der Waals surface area contributed by atoms with Crippen LogP contribution in [0.25, 0.3) is 0 Å². The zero-order valence-electron chi connectivity index (χ0n) is 17.5. The third-order valence-electron chi connectivity index (χ3n) is 5.88. The Morgan fingerprint density at radius 3 is 2.71 bits per heavy atom. The van der Waals surface area contributed by atoms with Gasteiger partial charge < -0.3 is 5.32 Å². The Kier molecular flexibility index (Phi) is 5.72. The molecule has 7 heteroatoms. The van der Waals surface area contributed by atoms with Crippen LogP contribution in [0.15, 0.2) is 53.0 Å². The lowest BCUT2D eigenvalue weighted by Gasteiger charge is -2.37. The molecule has 160 valence electrons. The first-order chi connectivity index (χ1) is 14.7. The van der Waals surface area contributed by atoms with Crippen molar-refractivity contribution in [3.63, 3.8) is 0 Å². The highest BCUT2D eigenvalue weighted by Crippen LogP contribution is 2.48. The van der Waals surface area contributed by atoms with Crippen molar-refractivity contribution in [3.05, 3.63) is 68.6 Å². The average Bonchev–Trinajstić information content (AvgIpc) is 2.81. The molecule has 0 saturated carbocycles. The highest BCUT2D eigenvalue weighted by atomic mass is 35.5. The molecule has 0 bridgehead atoms. The van der Waals surface area contributed by atoms with E-state index >= 15 is 0 Å². The van der Waals surface area contributed by atoms with E-state index in [0.29, 0.717) is 39.7 Å². The van der Waals surface area contributed by atoms with Gasteiger partial charge in [-0.15, -0.1) is 0 Å². The number of nitrogens with zero attached hydrogens (tertiary/aromatic N) is 2. The highest BCUT2D eigenvalue weighted by molar-refractivity contribution is 6.35. The summed E-state index contributed by atoms with van der Waals surface area (Å²) < 4.78 is 0. The predicted molar refractivity (Wildman–Crippen MR) is 120 cm³/mol. The van der Waals surface area contributed by atoms with Crippen LogP contribution in [-0.4, -0.2) is 16.6 Å². The van der Waals surface area contributed by atoms with Crippen LogP contribution < -0.4 is 5.32 Å². The Bertz CT molecular complexity index is 1110. The minimum absolute atomic E-state index is 0.0237. The summed E-state index contributed by atoms with van der Waals surface area (Å²) in [6.07, 6.45) is 6.37. The summed E-state index contributed by atoms with van der Waals surface area (Å²) in [6, 6.07) is 6.32. The number of carbonyl (C=O) groups is 2. The van der Waals surface area contributed by atoms with E-state index < -0.39 is 6.04 Å².